The van der Waals surface area contributed by atoms with Crippen molar-refractivity contribution in [3.05, 3.63) is 58.8 Å². The van der Waals surface area contributed by atoms with Gasteiger partial charge in [-0.25, -0.2) is 0 Å². The fourth-order valence-corrected chi connectivity index (χ4v) is 10.3. The SMILES string of the molecule is CCCC1=C(C2COc3ccc4cc3N(C2)CC2CCC2C(O)(CN2CCC(=CN)C(=NC)C2)CCC[C@H](C)C(C)[S+]([O-])NC4=O)C=CC(Cl)C1. The molecule has 3 aliphatic heterocycles. The van der Waals surface area contributed by atoms with Crippen molar-refractivity contribution in [3.63, 3.8) is 0 Å². The molecule has 1 aromatic carbocycles. The zero-order valence-corrected chi connectivity index (χ0v) is 32.5. The summed E-state index contributed by atoms with van der Waals surface area (Å²) in [6.07, 6.45) is 14.1. The Labute approximate surface area is 313 Å². The maximum absolute atomic E-state index is 13.5. The molecule has 2 fully saturated rings. The van der Waals surface area contributed by atoms with E-state index in [9.17, 15) is 14.5 Å². The average molecular weight is 740 g/mol. The Kier molecular flexibility index (Phi) is 12.5. The standard InChI is InChI=1S/C40H58ClN5O4S/c1-5-7-28-18-33(41)11-12-34(28)32-22-46-21-31-9-13-35(31)40(48,25-45-17-15-30(20-42)36(23-45)43-4)16-6-8-26(2)27(3)51(49)44-39(47)29-10-14-38(50-24-32)37(46)19-29/h10-12,14,19-20,26-27,31-33,35,48H,5-9,13,15-18,21-25,42H2,1-4H3,(H,44,47)/t26-,27?,31?,32?,33?,35?,40?,51?/m0/s1. The number of fused-ring (bicyclic) bond motifs is 2. The summed E-state index contributed by atoms with van der Waals surface area (Å²) in [5.41, 5.74) is 11.2. The molecule has 1 saturated heterocycles. The summed E-state index contributed by atoms with van der Waals surface area (Å²) in [4.78, 5) is 22.8. The maximum atomic E-state index is 13.5. The first kappa shape index (κ1) is 38.2. The molecule has 3 heterocycles. The number of anilines is 1. The second-order valence-corrected chi connectivity index (χ2v) is 17.8. The molecule has 51 heavy (non-hydrogen) atoms. The molecule has 5 aliphatic rings. The molecular formula is C40H58ClN5O4S. The highest BCUT2D eigenvalue weighted by Crippen LogP contribution is 2.47. The summed E-state index contributed by atoms with van der Waals surface area (Å²) in [6.45, 7) is 10.4. The number of likely N-dealkylation sites (tertiary alicyclic amines) is 1. The van der Waals surface area contributed by atoms with Gasteiger partial charge in [-0.3, -0.25) is 14.7 Å². The summed E-state index contributed by atoms with van der Waals surface area (Å²) >= 11 is 5.06. The number of rotatable bonds is 5. The lowest BCUT2D eigenvalue weighted by atomic mass is 9.62. The minimum Gasteiger partial charge on any atom is -0.593 e. The van der Waals surface area contributed by atoms with Crippen molar-refractivity contribution >= 4 is 40.3 Å². The third-order valence-corrected chi connectivity index (χ3v) is 14.2. The van der Waals surface area contributed by atoms with Gasteiger partial charge in [-0.05, 0) is 99.3 Å². The van der Waals surface area contributed by atoms with Crippen LogP contribution in [0.5, 0.6) is 5.75 Å². The van der Waals surface area contributed by atoms with E-state index < -0.39 is 17.0 Å². The second-order valence-electron chi connectivity index (χ2n) is 15.7. The molecule has 1 saturated carbocycles. The normalized spacial score (nSPS) is 35.5. The van der Waals surface area contributed by atoms with Gasteiger partial charge in [-0.1, -0.05) is 44.4 Å². The summed E-state index contributed by atoms with van der Waals surface area (Å²) in [5, 5.41) is 12.6. The highest BCUT2D eigenvalue weighted by Gasteiger charge is 2.48. The number of carbonyl (C=O) groups is 1. The zero-order chi connectivity index (χ0) is 36.3. The Morgan fingerprint density at radius 2 is 2.08 bits per heavy atom. The van der Waals surface area contributed by atoms with Crippen molar-refractivity contribution in [2.45, 2.75) is 94.8 Å². The first-order valence-corrected chi connectivity index (χ1v) is 20.8. The first-order chi connectivity index (χ1) is 24.5. The summed E-state index contributed by atoms with van der Waals surface area (Å²) < 4.78 is 22.8. The Morgan fingerprint density at radius 1 is 1.25 bits per heavy atom. The molecule has 2 aliphatic carbocycles. The molecule has 0 spiro atoms. The van der Waals surface area contributed by atoms with Crippen molar-refractivity contribution in [2.24, 2.45) is 34.4 Å². The van der Waals surface area contributed by atoms with Crippen molar-refractivity contribution in [1.82, 2.24) is 9.62 Å². The number of aliphatic imine (C=N–C) groups is 1. The third-order valence-electron chi connectivity index (χ3n) is 12.3. The number of halogens is 1. The van der Waals surface area contributed by atoms with Crippen molar-refractivity contribution in [3.8, 4) is 5.75 Å². The van der Waals surface area contributed by atoms with Gasteiger partial charge in [0.2, 0.25) is 0 Å². The molecule has 280 valence electrons. The van der Waals surface area contributed by atoms with E-state index in [-0.39, 0.29) is 40.2 Å². The number of nitrogens with two attached hydrogens (primary N) is 1. The zero-order valence-electron chi connectivity index (χ0n) is 30.9. The summed E-state index contributed by atoms with van der Waals surface area (Å²) in [5.74, 6) is 1.05. The monoisotopic (exact) mass is 739 g/mol. The van der Waals surface area contributed by atoms with E-state index in [1.165, 1.54) is 11.1 Å². The molecule has 1 amide bonds. The van der Waals surface area contributed by atoms with Crippen LogP contribution in [0.2, 0.25) is 0 Å². The van der Waals surface area contributed by atoms with Gasteiger partial charge in [0.05, 0.1) is 40.3 Å². The van der Waals surface area contributed by atoms with Crippen molar-refractivity contribution < 1.29 is 19.2 Å². The molecule has 2 bridgehead atoms. The van der Waals surface area contributed by atoms with Gasteiger partial charge in [0.15, 0.2) is 0 Å². The van der Waals surface area contributed by atoms with E-state index in [4.69, 9.17) is 22.1 Å². The van der Waals surface area contributed by atoms with Crippen LogP contribution in [0.1, 0.15) is 88.9 Å². The minimum atomic E-state index is -1.56. The minimum absolute atomic E-state index is 0.00498. The molecule has 7 unspecified atom stereocenters. The van der Waals surface area contributed by atoms with Gasteiger partial charge in [0, 0.05) is 57.2 Å². The van der Waals surface area contributed by atoms with E-state index in [2.05, 4.69) is 45.5 Å². The first-order valence-electron chi connectivity index (χ1n) is 19.1. The Balaban J connectivity index is 1.35. The van der Waals surface area contributed by atoms with Crippen molar-refractivity contribution in [2.75, 3.05) is 51.3 Å². The number of carbonyl (C=O) groups excluding carboxylic acids is 1. The molecule has 9 nitrogen and oxygen atoms in total. The number of amides is 1. The maximum Gasteiger partial charge on any atom is 0.292 e. The molecule has 1 aromatic rings. The Morgan fingerprint density at radius 3 is 2.80 bits per heavy atom. The predicted molar refractivity (Wildman–Crippen MR) is 209 cm³/mol. The van der Waals surface area contributed by atoms with Gasteiger partial charge < -0.3 is 25.0 Å². The number of alkyl halides is 1. The number of allylic oxidation sites excluding steroid dienone is 3. The number of hydrogen-bond donors (Lipinski definition) is 3. The molecular weight excluding hydrogens is 682 g/mol. The van der Waals surface area contributed by atoms with E-state index in [0.29, 0.717) is 31.7 Å². The third kappa shape index (κ3) is 8.51. The number of aliphatic hydroxyl groups is 1. The lowest BCUT2D eigenvalue weighted by Gasteiger charge is -2.51. The highest BCUT2D eigenvalue weighted by molar-refractivity contribution is 7.90. The van der Waals surface area contributed by atoms with Crippen LogP contribution in [0, 0.1) is 23.7 Å². The number of nitrogens with zero attached hydrogens (tertiary/aromatic N) is 3. The van der Waals surface area contributed by atoms with E-state index >= 15 is 0 Å². The fraction of sp³-hybridized carbons (Fsp3) is 0.650. The van der Waals surface area contributed by atoms with Crippen LogP contribution in [-0.4, -0.2) is 88.8 Å². The number of β-amino-alcohol motifs (C(OH)–C–C–N with tert-alkyl or cyclic N) is 1. The molecule has 8 atom stereocenters. The number of hydrogen-bond acceptors (Lipinski definition) is 8. The molecule has 4 N–H and O–H groups in total. The largest absolute Gasteiger partial charge is 0.593 e. The topological polar surface area (TPSA) is 126 Å². The van der Waals surface area contributed by atoms with Gasteiger partial charge in [-0.2, -0.15) is 4.72 Å². The van der Waals surface area contributed by atoms with Gasteiger partial charge in [0.25, 0.3) is 5.91 Å². The predicted octanol–water partition coefficient (Wildman–Crippen LogP) is 6.14. The number of nitrogens with one attached hydrogen (secondary N) is 1. The van der Waals surface area contributed by atoms with Crippen LogP contribution < -0.4 is 20.1 Å². The lowest BCUT2D eigenvalue weighted by molar-refractivity contribution is -0.104. The smallest absolute Gasteiger partial charge is 0.292 e. The van der Waals surface area contributed by atoms with Crippen LogP contribution >= 0.6 is 11.6 Å². The lowest BCUT2D eigenvalue weighted by Crippen LogP contribution is -2.57. The second kappa shape index (κ2) is 16.7. The van der Waals surface area contributed by atoms with Crippen LogP contribution in [-0.2, 0) is 11.4 Å². The molecule has 11 heteroatoms. The number of ether oxygens (including phenoxy) is 1. The highest BCUT2D eigenvalue weighted by atomic mass is 35.5. The number of benzene rings is 1. The molecule has 0 aromatic heterocycles. The van der Waals surface area contributed by atoms with Gasteiger partial charge >= 0.3 is 0 Å². The van der Waals surface area contributed by atoms with E-state index in [1.54, 1.807) is 12.3 Å². The molecule has 6 rings (SSSR count). The van der Waals surface area contributed by atoms with Crippen molar-refractivity contribution in [1.29, 1.82) is 0 Å². The van der Waals surface area contributed by atoms with Gasteiger partial charge in [-0.15, -0.1) is 11.6 Å². The summed E-state index contributed by atoms with van der Waals surface area (Å²) in [7, 11) is 1.82. The fourth-order valence-electron chi connectivity index (χ4n) is 9.03. The van der Waals surface area contributed by atoms with Crippen LogP contribution in [0.4, 0.5) is 5.69 Å². The molecule has 0 radical (unpaired) electrons. The average Bonchev–Trinajstić information content (AvgIpc) is 3.28. The van der Waals surface area contributed by atoms with Crippen LogP contribution in [0.15, 0.2) is 58.3 Å². The van der Waals surface area contributed by atoms with E-state index in [0.717, 1.165) is 93.7 Å². The van der Waals surface area contributed by atoms with Crippen LogP contribution in [0.3, 0.4) is 0 Å². The quantitative estimate of drug-likeness (QED) is 0.245. The van der Waals surface area contributed by atoms with Gasteiger partial charge in [0.1, 0.15) is 11.0 Å². The van der Waals surface area contributed by atoms with E-state index in [1.807, 2.05) is 26.1 Å². The Bertz CT molecular complexity index is 1550. The van der Waals surface area contributed by atoms with Crippen LogP contribution in [0.25, 0.3) is 0 Å². The Hall–Kier alpha value is -2.50. The summed E-state index contributed by atoms with van der Waals surface area (Å²) in [6, 6.07) is 5.59. The number of piperidine rings is 1.